The van der Waals surface area contributed by atoms with Gasteiger partial charge in [-0.1, -0.05) is 15.9 Å². The van der Waals surface area contributed by atoms with Crippen LogP contribution in [-0.4, -0.2) is 35.5 Å². The minimum atomic E-state index is -0.987. The predicted octanol–water partition coefficient (Wildman–Crippen LogP) is 2.42. The molecule has 0 spiro atoms. The van der Waals surface area contributed by atoms with Gasteiger partial charge in [0.1, 0.15) is 17.6 Å². The third-order valence-corrected chi connectivity index (χ3v) is 4.47. The second-order valence-electron chi connectivity index (χ2n) is 5.90. The third-order valence-electron chi connectivity index (χ3n) is 3.97. The number of ether oxygens (including phenoxy) is 3. The standard InChI is InChI=1S/C17H18BrNO5/c1-17(9-22-2)16(21)15(23-11-5-6-19-14(20)8-11)12-7-10(18)3-4-13(12)24-17/h3-8,15-16,21H,9H2,1-2H3,(H,19,20). The van der Waals surface area contributed by atoms with Crippen LogP contribution >= 0.6 is 15.9 Å². The Bertz CT molecular complexity index is 793. The fourth-order valence-corrected chi connectivity index (χ4v) is 3.19. The van der Waals surface area contributed by atoms with Crippen molar-refractivity contribution in [3.63, 3.8) is 0 Å². The molecule has 2 heterocycles. The lowest BCUT2D eigenvalue weighted by molar-refractivity contribution is -0.137. The topological polar surface area (TPSA) is 80.8 Å². The van der Waals surface area contributed by atoms with E-state index in [2.05, 4.69) is 20.9 Å². The van der Waals surface area contributed by atoms with Crippen molar-refractivity contribution in [2.45, 2.75) is 24.7 Å². The minimum Gasteiger partial charge on any atom is -0.482 e. The normalized spacial score (nSPS) is 25.7. The van der Waals surface area contributed by atoms with E-state index in [1.54, 1.807) is 20.1 Å². The van der Waals surface area contributed by atoms with Gasteiger partial charge in [-0.15, -0.1) is 0 Å². The Balaban J connectivity index is 2.04. The van der Waals surface area contributed by atoms with E-state index in [1.165, 1.54) is 12.3 Å². The highest BCUT2D eigenvalue weighted by atomic mass is 79.9. The summed E-state index contributed by atoms with van der Waals surface area (Å²) in [5.74, 6) is 0.980. The van der Waals surface area contributed by atoms with Crippen molar-refractivity contribution < 1.29 is 19.3 Å². The maximum absolute atomic E-state index is 11.5. The minimum absolute atomic E-state index is 0.193. The second-order valence-corrected chi connectivity index (χ2v) is 6.82. The van der Waals surface area contributed by atoms with Crippen LogP contribution in [0.2, 0.25) is 0 Å². The van der Waals surface area contributed by atoms with Gasteiger partial charge in [-0.2, -0.15) is 0 Å². The van der Waals surface area contributed by atoms with E-state index in [-0.39, 0.29) is 12.2 Å². The zero-order valence-corrected chi connectivity index (χ0v) is 14.9. The molecule has 6 nitrogen and oxygen atoms in total. The van der Waals surface area contributed by atoms with E-state index in [1.807, 2.05) is 18.2 Å². The summed E-state index contributed by atoms with van der Waals surface area (Å²) in [6.45, 7) is 1.96. The number of hydrogen-bond donors (Lipinski definition) is 2. The van der Waals surface area contributed by atoms with E-state index in [9.17, 15) is 9.90 Å². The Morgan fingerprint density at radius 1 is 1.38 bits per heavy atom. The van der Waals surface area contributed by atoms with Crippen LogP contribution in [0.1, 0.15) is 18.6 Å². The molecule has 1 aliphatic rings. The number of rotatable bonds is 4. The largest absolute Gasteiger partial charge is 0.482 e. The number of fused-ring (bicyclic) bond motifs is 1. The number of H-pyrrole nitrogens is 1. The van der Waals surface area contributed by atoms with Crippen LogP contribution in [0.25, 0.3) is 0 Å². The molecule has 2 N–H and O–H groups in total. The van der Waals surface area contributed by atoms with Crippen molar-refractivity contribution >= 4 is 15.9 Å². The molecule has 0 saturated carbocycles. The number of aliphatic hydroxyl groups is 1. The third kappa shape index (κ3) is 3.19. The average molecular weight is 396 g/mol. The highest BCUT2D eigenvalue weighted by Gasteiger charge is 2.47. The number of nitrogens with one attached hydrogen (secondary N) is 1. The van der Waals surface area contributed by atoms with E-state index in [4.69, 9.17) is 14.2 Å². The molecule has 0 saturated heterocycles. The average Bonchev–Trinajstić information content (AvgIpc) is 2.53. The molecule has 128 valence electrons. The molecule has 0 bridgehead atoms. The molecule has 3 atom stereocenters. The van der Waals surface area contributed by atoms with Crippen LogP contribution in [0.4, 0.5) is 0 Å². The SMILES string of the molecule is COCC1(C)Oc2ccc(Br)cc2C(Oc2cc[nH]c(=O)c2)C1O. The van der Waals surface area contributed by atoms with Crippen LogP contribution < -0.4 is 15.0 Å². The lowest BCUT2D eigenvalue weighted by Crippen LogP contribution is -2.55. The highest BCUT2D eigenvalue weighted by molar-refractivity contribution is 9.10. The van der Waals surface area contributed by atoms with Gasteiger partial charge < -0.3 is 24.3 Å². The molecule has 1 aromatic carbocycles. The first-order valence-electron chi connectivity index (χ1n) is 7.44. The lowest BCUT2D eigenvalue weighted by atomic mass is 9.87. The van der Waals surface area contributed by atoms with Crippen LogP contribution in [0.15, 0.2) is 45.8 Å². The van der Waals surface area contributed by atoms with Crippen LogP contribution in [0.5, 0.6) is 11.5 Å². The highest BCUT2D eigenvalue weighted by Crippen LogP contribution is 2.43. The summed E-state index contributed by atoms with van der Waals surface area (Å²) in [4.78, 5) is 14.0. The van der Waals surface area contributed by atoms with Gasteiger partial charge in [-0.25, -0.2) is 0 Å². The number of hydrogen-bond acceptors (Lipinski definition) is 5. The number of halogens is 1. The number of benzene rings is 1. The Kier molecular flexibility index (Phi) is 4.67. The zero-order valence-electron chi connectivity index (χ0n) is 13.3. The Morgan fingerprint density at radius 3 is 2.88 bits per heavy atom. The number of methoxy groups -OCH3 is 1. The fourth-order valence-electron chi connectivity index (χ4n) is 2.81. The molecular formula is C17H18BrNO5. The molecule has 0 aliphatic carbocycles. The summed E-state index contributed by atoms with van der Waals surface area (Å²) in [5, 5.41) is 10.9. The molecular weight excluding hydrogens is 378 g/mol. The maximum Gasteiger partial charge on any atom is 0.251 e. The molecule has 1 aliphatic heterocycles. The Labute approximate surface area is 147 Å². The summed E-state index contributed by atoms with van der Waals surface area (Å²) in [7, 11) is 1.55. The number of aliphatic hydroxyl groups excluding tert-OH is 1. The van der Waals surface area contributed by atoms with Gasteiger partial charge in [0.05, 0.1) is 6.61 Å². The molecule has 3 rings (SSSR count). The summed E-state index contributed by atoms with van der Waals surface area (Å²) in [6.07, 6.45) is -0.189. The maximum atomic E-state index is 11.5. The molecule has 3 unspecified atom stereocenters. The molecule has 1 aromatic heterocycles. The summed E-state index contributed by atoms with van der Waals surface area (Å²) in [5.41, 5.74) is -0.546. The number of pyridine rings is 1. The molecule has 2 aromatic rings. The fraction of sp³-hybridized carbons (Fsp3) is 0.353. The van der Waals surface area contributed by atoms with Gasteiger partial charge in [0, 0.05) is 29.4 Å². The van der Waals surface area contributed by atoms with Crippen LogP contribution in [0, 0.1) is 0 Å². The van der Waals surface area contributed by atoms with Crippen LogP contribution in [0.3, 0.4) is 0 Å². The van der Waals surface area contributed by atoms with E-state index >= 15 is 0 Å². The van der Waals surface area contributed by atoms with Crippen molar-refractivity contribution in [3.8, 4) is 11.5 Å². The van der Waals surface area contributed by atoms with Gasteiger partial charge in [0.2, 0.25) is 0 Å². The first-order valence-corrected chi connectivity index (χ1v) is 8.23. The molecule has 0 amide bonds. The number of aromatic amines is 1. The van der Waals surface area contributed by atoms with E-state index in [0.717, 1.165) is 4.47 Å². The van der Waals surface area contributed by atoms with Gasteiger partial charge in [-0.3, -0.25) is 4.79 Å². The van der Waals surface area contributed by atoms with Gasteiger partial charge in [0.25, 0.3) is 5.56 Å². The quantitative estimate of drug-likeness (QED) is 0.830. The van der Waals surface area contributed by atoms with Crippen molar-refractivity contribution in [1.82, 2.24) is 4.98 Å². The smallest absolute Gasteiger partial charge is 0.251 e. The summed E-state index contributed by atoms with van der Waals surface area (Å²) in [6, 6.07) is 8.48. The van der Waals surface area contributed by atoms with Crippen molar-refractivity contribution in [2.24, 2.45) is 0 Å². The molecule has 7 heteroatoms. The predicted molar refractivity (Wildman–Crippen MR) is 91.5 cm³/mol. The molecule has 0 fully saturated rings. The monoisotopic (exact) mass is 395 g/mol. The summed E-state index contributed by atoms with van der Waals surface area (Å²) < 4.78 is 18.0. The Hall–Kier alpha value is -1.83. The van der Waals surface area contributed by atoms with Gasteiger partial charge >= 0.3 is 0 Å². The first kappa shape index (κ1) is 17.0. The summed E-state index contributed by atoms with van der Waals surface area (Å²) >= 11 is 3.42. The van der Waals surface area contributed by atoms with Crippen molar-refractivity contribution in [3.05, 3.63) is 56.9 Å². The zero-order chi connectivity index (χ0) is 17.3. The number of aromatic nitrogens is 1. The molecule has 0 radical (unpaired) electrons. The first-order chi connectivity index (χ1) is 11.4. The second kappa shape index (κ2) is 6.58. The van der Waals surface area contributed by atoms with Crippen molar-refractivity contribution in [2.75, 3.05) is 13.7 Å². The van der Waals surface area contributed by atoms with E-state index in [0.29, 0.717) is 17.1 Å². The van der Waals surface area contributed by atoms with Gasteiger partial charge in [0.15, 0.2) is 11.7 Å². The van der Waals surface area contributed by atoms with Gasteiger partial charge in [-0.05, 0) is 31.2 Å². The molecule has 24 heavy (non-hydrogen) atoms. The lowest BCUT2D eigenvalue weighted by Gasteiger charge is -2.43. The van der Waals surface area contributed by atoms with E-state index < -0.39 is 17.8 Å². The van der Waals surface area contributed by atoms with Crippen molar-refractivity contribution in [1.29, 1.82) is 0 Å². The Morgan fingerprint density at radius 2 is 2.17 bits per heavy atom. The van der Waals surface area contributed by atoms with Crippen LogP contribution in [-0.2, 0) is 4.74 Å².